The second kappa shape index (κ2) is 8.72. The molecule has 0 bridgehead atoms. The van der Waals surface area contributed by atoms with Gasteiger partial charge in [-0.2, -0.15) is 0 Å². The highest BCUT2D eigenvalue weighted by Crippen LogP contribution is 2.13. The van der Waals surface area contributed by atoms with Crippen LogP contribution in [0.15, 0.2) is 48.5 Å². The fourth-order valence-electron chi connectivity index (χ4n) is 1.34. The lowest BCUT2D eigenvalue weighted by atomic mass is 10.1. The Kier molecular flexibility index (Phi) is 7.22. The predicted octanol–water partition coefficient (Wildman–Crippen LogP) is 4.82. The Hall–Kier alpha value is -1.33. The number of hydrogen-bond donors (Lipinski definition) is 1. The van der Waals surface area contributed by atoms with Crippen LogP contribution in [-0.4, -0.2) is 11.6 Å². The van der Waals surface area contributed by atoms with Gasteiger partial charge in [-0.1, -0.05) is 48.0 Å². The summed E-state index contributed by atoms with van der Waals surface area (Å²) in [6, 6.07) is 16.2. The van der Waals surface area contributed by atoms with E-state index in [1.54, 1.807) is 0 Å². The Bertz CT molecular complexity index is 486. The van der Waals surface area contributed by atoms with E-state index in [1.165, 1.54) is 9.13 Å². The lowest BCUT2D eigenvalue weighted by Gasteiger charge is -1.95. The van der Waals surface area contributed by atoms with Crippen LogP contribution in [0, 0.1) is 3.57 Å². The molecule has 0 aliphatic heterocycles. The van der Waals surface area contributed by atoms with Crippen molar-refractivity contribution in [3.63, 3.8) is 0 Å². The zero-order valence-electron chi connectivity index (χ0n) is 9.96. The van der Waals surface area contributed by atoms with E-state index in [2.05, 4.69) is 59.0 Å². The van der Waals surface area contributed by atoms with Gasteiger partial charge in [0.1, 0.15) is 0 Å². The van der Waals surface area contributed by atoms with Crippen molar-refractivity contribution in [2.24, 2.45) is 0 Å². The van der Waals surface area contributed by atoms with E-state index in [9.17, 15) is 0 Å². The van der Waals surface area contributed by atoms with Crippen LogP contribution in [0.5, 0.6) is 0 Å². The van der Waals surface area contributed by atoms with Gasteiger partial charge >= 0.3 is 0 Å². The van der Waals surface area contributed by atoms with E-state index in [-0.39, 0.29) is 6.47 Å². The van der Waals surface area contributed by atoms with Crippen molar-refractivity contribution < 1.29 is 9.90 Å². The third-order valence-corrected chi connectivity index (χ3v) is 3.18. The molecule has 2 aromatic carbocycles. The molecule has 0 spiro atoms. The highest BCUT2D eigenvalue weighted by atomic mass is 127. The van der Waals surface area contributed by atoms with Crippen molar-refractivity contribution >= 4 is 52.8 Å². The largest absolute Gasteiger partial charge is 0.483 e. The summed E-state index contributed by atoms with van der Waals surface area (Å²) < 4.78 is 1.25. The van der Waals surface area contributed by atoms with E-state index in [0.717, 1.165) is 10.6 Å². The predicted molar refractivity (Wildman–Crippen MR) is 88.2 cm³/mol. The van der Waals surface area contributed by atoms with Crippen molar-refractivity contribution in [2.75, 3.05) is 0 Å². The Morgan fingerprint density at radius 1 is 0.895 bits per heavy atom. The molecule has 0 unspecified atom stereocenters. The minimum atomic E-state index is -0.250. The zero-order chi connectivity index (χ0) is 14.1. The summed E-state index contributed by atoms with van der Waals surface area (Å²) in [4.78, 5) is 8.36. The van der Waals surface area contributed by atoms with Gasteiger partial charge in [0.05, 0.1) is 0 Å². The lowest BCUT2D eigenvalue weighted by molar-refractivity contribution is -0.122. The molecule has 2 nitrogen and oxygen atoms in total. The zero-order valence-corrected chi connectivity index (χ0v) is 12.9. The molecule has 0 fully saturated rings. The van der Waals surface area contributed by atoms with Gasteiger partial charge in [-0.25, -0.2) is 0 Å². The Labute approximate surface area is 130 Å². The Balaban J connectivity index is 0.000000550. The molecule has 0 amide bonds. The summed E-state index contributed by atoms with van der Waals surface area (Å²) in [5.41, 5.74) is 2.36. The van der Waals surface area contributed by atoms with Crippen LogP contribution >= 0.6 is 34.2 Å². The molecule has 2 rings (SSSR count). The van der Waals surface area contributed by atoms with Crippen LogP contribution in [0.25, 0.3) is 12.2 Å². The summed E-state index contributed by atoms with van der Waals surface area (Å²) in [5, 5.41) is 7.66. The van der Waals surface area contributed by atoms with Crippen molar-refractivity contribution in [3.05, 3.63) is 68.3 Å². The molecule has 0 saturated heterocycles. The minimum Gasteiger partial charge on any atom is -0.483 e. The van der Waals surface area contributed by atoms with Gasteiger partial charge in [-0.05, 0) is 58.0 Å². The standard InChI is InChI=1S/C14H10ClI.CH2O2/c15-13-7-3-11(4-8-13)1-2-12-5-9-14(16)10-6-12;2-1-3/h1-10H;1H,(H,2,3)/b2-1+;. The third-order valence-electron chi connectivity index (χ3n) is 2.21. The van der Waals surface area contributed by atoms with Gasteiger partial charge in [-0.15, -0.1) is 0 Å². The molecule has 19 heavy (non-hydrogen) atoms. The molecule has 0 aliphatic carbocycles. The summed E-state index contributed by atoms with van der Waals surface area (Å²) in [6.07, 6.45) is 4.18. The molecule has 0 aromatic heterocycles. The second-order valence-corrected chi connectivity index (χ2v) is 5.22. The average molecular weight is 387 g/mol. The fraction of sp³-hybridized carbons (Fsp3) is 0. The molecular weight excluding hydrogens is 375 g/mol. The molecule has 0 radical (unpaired) electrons. The van der Waals surface area contributed by atoms with Crippen LogP contribution in [0.1, 0.15) is 11.1 Å². The Morgan fingerprint density at radius 3 is 1.68 bits per heavy atom. The van der Waals surface area contributed by atoms with E-state index in [1.807, 2.05) is 24.3 Å². The normalized spacial score (nSPS) is 9.79. The molecule has 1 N–H and O–H groups in total. The quantitative estimate of drug-likeness (QED) is 0.457. The molecule has 0 aliphatic rings. The SMILES string of the molecule is Clc1ccc(/C=C/c2ccc(I)cc2)cc1.O=CO. The van der Waals surface area contributed by atoms with Crippen molar-refractivity contribution in [1.82, 2.24) is 0 Å². The molecule has 2 aromatic rings. The molecular formula is C15H12ClIO2. The maximum atomic E-state index is 8.36. The van der Waals surface area contributed by atoms with Crippen LogP contribution in [0.3, 0.4) is 0 Å². The first kappa shape index (κ1) is 15.7. The average Bonchev–Trinajstić information content (AvgIpc) is 2.41. The number of carboxylic acid groups (broad SMARTS) is 1. The van der Waals surface area contributed by atoms with Gasteiger partial charge in [0.2, 0.25) is 0 Å². The maximum absolute atomic E-state index is 8.36. The molecule has 0 atom stereocenters. The van der Waals surface area contributed by atoms with E-state index in [0.29, 0.717) is 0 Å². The van der Waals surface area contributed by atoms with Gasteiger partial charge in [0.25, 0.3) is 6.47 Å². The topological polar surface area (TPSA) is 37.3 Å². The fourth-order valence-corrected chi connectivity index (χ4v) is 1.83. The number of rotatable bonds is 2. The summed E-state index contributed by atoms with van der Waals surface area (Å²) in [7, 11) is 0. The first-order valence-corrected chi connectivity index (χ1v) is 6.88. The van der Waals surface area contributed by atoms with E-state index < -0.39 is 0 Å². The molecule has 0 saturated carbocycles. The molecule has 98 valence electrons. The Morgan fingerprint density at radius 2 is 1.26 bits per heavy atom. The van der Waals surface area contributed by atoms with Gasteiger partial charge in [0, 0.05) is 8.59 Å². The van der Waals surface area contributed by atoms with Gasteiger partial charge in [0.15, 0.2) is 0 Å². The van der Waals surface area contributed by atoms with Crippen LogP contribution in [-0.2, 0) is 4.79 Å². The second-order valence-electron chi connectivity index (χ2n) is 3.54. The first-order chi connectivity index (χ1) is 9.15. The van der Waals surface area contributed by atoms with Crippen LogP contribution in [0.2, 0.25) is 5.02 Å². The van der Waals surface area contributed by atoms with Crippen LogP contribution in [0.4, 0.5) is 0 Å². The van der Waals surface area contributed by atoms with Crippen molar-refractivity contribution in [3.8, 4) is 0 Å². The van der Waals surface area contributed by atoms with Gasteiger partial charge in [-0.3, -0.25) is 4.79 Å². The smallest absolute Gasteiger partial charge is 0.290 e. The van der Waals surface area contributed by atoms with E-state index in [4.69, 9.17) is 21.5 Å². The van der Waals surface area contributed by atoms with E-state index >= 15 is 0 Å². The number of hydrogen-bond acceptors (Lipinski definition) is 1. The minimum absolute atomic E-state index is 0.250. The highest BCUT2D eigenvalue weighted by molar-refractivity contribution is 14.1. The van der Waals surface area contributed by atoms with Crippen molar-refractivity contribution in [2.45, 2.75) is 0 Å². The van der Waals surface area contributed by atoms with Crippen molar-refractivity contribution in [1.29, 1.82) is 0 Å². The summed E-state index contributed by atoms with van der Waals surface area (Å²) in [5.74, 6) is 0. The van der Waals surface area contributed by atoms with Gasteiger partial charge < -0.3 is 5.11 Å². The summed E-state index contributed by atoms with van der Waals surface area (Å²) >= 11 is 8.12. The maximum Gasteiger partial charge on any atom is 0.290 e. The monoisotopic (exact) mass is 386 g/mol. The summed E-state index contributed by atoms with van der Waals surface area (Å²) in [6.45, 7) is -0.250. The first-order valence-electron chi connectivity index (χ1n) is 5.43. The lowest BCUT2D eigenvalue weighted by Crippen LogP contribution is -1.74. The number of carbonyl (C=O) groups is 1. The molecule has 4 heteroatoms. The van der Waals surface area contributed by atoms with Crippen LogP contribution < -0.4 is 0 Å². The number of halogens is 2. The molecule has 0 heterocycles. The third kappa shape index (κ3) is 6.40. The highest BCUT2D eigenvalue weighted by Gasteiger charge is 1.89. The number of benzene rings is 2.